The molecular formula is C6H5N6O. The van der Waals surface area contributed by atoms with Crippen molar-refractivity contribution in [2.45, 2.75) is 6.61 Å². The van der Waals surface area contributed by atoms with Crippen LogP contribution in [0.4, 0.5) is 0 Å². The molecule has 0 bridgehead atoms. The van der Waals surface area contributed by atoms with Crippen molar-refractivity contribution < 1.29 is 4.84 Å². The zero-order valence-corrected chi connectivity index (χ0v) is 6.53. The number of hydrogen-bond donors (Lipinski definition) is 0. The average molecular weight is 177 g/mol. The molecule has 0 saturated heterocycles. The summed E-state index contributed by atoms with van der Waals surface area (Å²) in [5, 5.41) is 10.1. The molecule has 0 amide bonds. The van der Waals surface area contributed by atoms with E-state index in [-0.39, 0.29) is 6.61 Å². The molecule has 13 heavy (non-hydrogen) atoms. The second kappa shape index (κ2) is 3.57. The summed E-state index contributed by atoms with van der Waals surface area (Å²) in [6.07, 6.45) is 7.16. The van der Waals surface area contributed by atoms with E-state index in [1.165, 1.54) is 0 Å². The van der Waals surface area contributed by atoms with Gasteiger partial charge in [0.1, 0.15) is 0 Å². The van der Waals surface area contributed by atoms with Gasteiger partial charge in [-0.1, -0.05) is 4.85 Å². The van der Waals surface area contributed by atoms with Crippen LogP contribution in [0.3, 0.4) is 0 Å². The molecule has 2 aromatic heterocycles. The summed E-state index contributed by atoms with van der Waals surface area (Å²) >= 11 is 0. The van der Waals surface area contributed by atoms with E-state index in [0.29, 0.717) is 5.69 Å². The lowest BCUT2D eigenvalue weighted by Crippen LogP contribution is -2.13. The Morgan fingerprint density at radius 1 is 1.46 bits per heavy atom. The smallest absolute Gasteiger partial charge is 0.264 e. The van der Waals surface area contributed by atoms with E-state index in [4.69, 9.17) is 4.84 Å². The van der Waals surface area contributed by atoms with Crippen molar-refractivity contribution in [1.82, 2.24) is 30.3 Å². The molecule has 1 radical (unpaired) electrons. The van der Waals surface area contributed by atoms with Gasteiger partial charge in [0.15, 0.2) is 6.61 Å². The lowest BCUT2D eigenvalue weighted by atomic mass is 10.5. The standard InChI is InChI=1S/C6H5N6O/c1-2-8-6(3-7-1)4-13-12-5-9-10-11-12/h1-3H,4H2. The third kappa shape index (κ3) is 1.95. The van der Waals surface area contributed by atoms with Crippen molar-refractivity contribution >= 4 is 0 Å². The topological polar surface area (TPSA) is 78.6 Å². The van der Waals surface area contributed by atoms with Crippen molar-refractivity contribution in [2.24, 2.45) is 0 Å². The molecule has 0 N–H and O–H groups in total. The van der Waals surface area contributed by atoms with E-state index < -0.39 is 0 Å². The third-order valence-corrected chi connectivity index (χ3v) is 1.25. The fourth-order valence-electron chi connectivity index (χ4n) is 0.721. The highest BCUT2D eigenvalue weighted by atomic mass is 16.7. The second-order valence-electron chi connectivity index (χ2n) is 2.12. The van der Waals surface area contributed by atoms with Crippen LogP contribution in [-0.2, 0) is 6.61 Å². The Hall–Kier alpha value is -2.05. The predicted molar refractivity (Wildman–Crippen MR) is 39.0 cm³/mol. The quantitative estimate of drug-likeness (QED) is 0.591. The van der Waals surface area contributed by atoms with Gasteiger partial charge in [-0.3, -0.25) is 9.97 Å². The monoisotopic (exact) mass is 177 g/mol. The summed E-state index contributed by atoms with van der Waals surface area (Å²) in [7, 11) is 0. The molecule has 0 aromatic carbocycles. The van der Waals surface area contributed by atoms with Crippen molar-refractivity contribution in [3.63, 3.8) is 0 Å². The van der Waals surface area contributed by atoms with Gasteiger partial charge in [-0.05, 0) is 10.4 Å². The van der Waals surface area contributed by atoms with E-state index in [9.17, 15) is 0 Å². The molecule has 65 valence electrons. The van der Waals surface area contributed by atoms with E-state index >= 15 is 0 Å². The number of aromatic nitrogens is 6. The first kappa shape index (κ1) is 7.59. The normalized spacial score (nSPS) is 9.85. The molecule has 0 saturated carbocycles. The Bertz CT molecular complexity index is 347. The van der Waals surface area contributed by atoms with Crippen LogP contribution in [0.15, 0.2) is 18.6 Å². The highest BCUT2D eigenvalue weighted by molar-refractivity contribution is 4.91. The van der Waals surface area contributed by atoms with Gasteiger partial charge in [0.2, 0.25) is 0 Å². The predicted octanol–water partition coefficient (Wildman–Crippen LogP) is -1.11. The molecule has 0 aliphatic heterocycles. The van der Waals surface area contributed by atoms with E-state index in [1.807, 2.05) is 0 Å². The second-order valence-corrected chi connectivity index (χ2v) is 2.12. The zero-order chi connectivity index (χ0) is 8.93. The molecule has 0 unspecified atom stereocenters. The third-order valence-electron chi connectivity index (χ3n) is 1.25. The highest BCUT2D eigenvalue weighted by Gasteiger charge is 1.96. The van der Waals surface area contributed by atoms with Crippen LogP contribution in [0.25, 0.3) is 0 Å². The van der Waals surface area contributed by atoms with Crippen molar-refractivity contribution in [1.29, 1.82) is 0 Å². The first-order chi connectivity index (χ1) is 6.45. The van der Waals surface area contributed by atoms with Crippen LogP contribution in [0.2, 0.25) is 0 Å². The maximum Gasteiger partial charge on any atom is 0.264 e. The fourth-order valence-corrected chi connectivity index (χ4v) is 0.721. The molecule has 0 aliphatic rings. The molecule has 2 rings (SSSR count). The minimum Gasteiger partial charge on any atom is -0.387 e. The van der Waals surface area contributed by atoms with Crippen LogP contribution >= 0.6 is 0 Å². The fraction of sp³-hybridized carbons (Fsp3) is 0.167. The molecule has 2 aromatic rings. The van der Waals surface area contributed by atoms with Gasteiger partial charge in [0, 0.05) is 12.4 Å². The number of hydrogen-bond acceptors (Lipinski definition) is 6. The summed E-state index contributed by atoms with van der Waals surface area (Å²) in [5.74, 6) is 0. The first-order valence-electron chi connectivity index (χ1n) is 3.49. The molecule has 2 heterocycles. The van der Waals surface area contributed by atoms with Crippen LogP contribution in [0.5, 0.6) is 0 Å². The molecule has 0 aliphatic carbocycles. The molecule has 0 fully saturated rings. The summed E-state index contributed by atoms with van der Waals surface area (Å²) in [4.78, 5) is 14.0. The van der Waals surface area contributed by atoms with E-state index in [2.05, 4.69) is 31.8 Å². The minimum atomic E-state index is 0.259. The number of tetrazole rings is 1. The van der Waals surface area contributed by atoms with Gasteiger partial charge < -0.3 is 4.84 Å². The molecular weight excluding hydrogens is 172 g/mol. The number of nitrogens with zero attached hydrogens (tertiary/aromatic N) is 6. The number of rotatable bonds is 3. The maximum atomic E-state index is 5.05. The maximum absolute atomic E-state index is 5.05. The Morgan fingerprint density at radius 2 is 2.46 bits per heavy atom. The Balaban J connectivity index is 1.94. The van der Waals surface area contributed by atoms with Crippen molar-refractivity contribution in [3.05, 3.63) is 30.6 Å². The van der Waals surface area contributed by atoms with Crippen LogP contribution in [-0.4, -0.2) is 30.3 Å². The molecule has 0 spiro atoms. The van der Waals surface area contributed by atoms with Gasteiger partial charge in [0.25, 0.3) is 6.33 Å². The molecule has 0 atom stereocenters. The Kier molecular flexibility index (Phi) is 2.08. The van der Waals surface area contributed by atoms with E-state index in [0.717, 1.165) is 4.85 Å². The average Bonchev–Trinajstić information content (AvgIpc) is 2.69. The van der Waals surface area contributed by atoms with Gasteiger partial charge in [-0.2, -0.15) is 0 Å². The van der Waals surface area contributed by atoms with E-state index in [1.54, 1.807) is 18.6 Å². The lowest BCUT2D eigenvalue weighted by Gasteiger charge is -2.00. The van der Waals surface area contributed by atoms with Crippen LogP contribution in [0.1, 0.15) is 5.69 Å². The Labute approximate surface area is 73.3 Å². The van der Waals surface area contributed by atoms with Crippen molar-refractivity contribution in [2.75, 3.05) is 0 Å². The molecule has 7 nitrogen and oxygen atoms in total. The lowest BCUT2D eigenvalue weighted by molar-refractivity contribution is 0.0620. The largest absolute Gasteiger partial charge is 0.387 e. The van der Waals surface area contributed by atoms with Crippen LogP contribution in [0, 0.1) is 6.33 Å². The van der Waals surface area contributed by atoms with Gasteiger partial charge in [0.05, 0.1) is 11.9 Å². The van der Waals surface area contributed by atoms with Crippen LogP contribution < -0.4 is 4.84 Å². The summed E-state index contributed by atoms with van der Waals surface area (Å²) in [5.41, 5.74) is 0.700. The minimum absolute atomic E-state index is 0.259. The van der Waals surface area contributed by atoms with Gasteiger partial charge in [-0.25, -0.2) is 0 Å². The van der Waals surface area contributed by atoms with Crippen molar-refractivity contribution in [3.8, 4) is 0 Å². The zero-order valence-electron chi connectivity index (χ0n) is 6.53. The first-order valence-corrected chi connectivity index (χ1v) is 3.49. The van der Waals surface area contributed by atoms with Gasteiger partial charge in [-0.15, -0.1) is 5.10 Å². The summed E-state index contributed by atoms with van der Waals surface area (Å²) in [6, 6.07) is 0. The highest BCUT2D eigenvalue weighted by Crippen LogP contribution is 1.89. The SMILES string of the molecule is [c]1nnnn1OCc1cnccn1. The summed E-state index contributed by atoms with van der Waals surface area (Å²) in [6.45, 7) is 0.259. The Morgan fingerprint density at radius 3 is 3.15 bits per heavy atom. The summed E-state index contributed by atoms with van der Waals surface area (Å²) < 4.78 is 0. The van der Waals surface area contributed by atoms with Gasteiger partial charge >= 0.3 is 0 Å². The molecule has 7 heteroatoms.